The van der Waals surface area contributed by atoms with Gasteiger partial charge in [0.05, 0.1) is 26.9 Å². The molecule has 0 atom stereocenters. The molecule has 2 heterocycles. The molecule has 3 aromatic rings. The zero-order chi connectivity index (χ0) is 25.2. The third-order valence-corrected chi connectivity index (χ3v) is 6.53. The summed E-state index contributed by atoms with van der Waals surface area (Å²) in [6.07, 6.45) is 1.18. The Labute approximate surface area is 219 Å². The fraction of sp³-hybridized carbons (Fsp3) is 0.286. The van der Waals surface area contributed by atoms with E-state index < -0.39 is 11.9 Å². The van der Waals surface area contributed by atoms with Crippen molar-refractivity contribution >= 4 is 75.6 Å². The summed E-state index contributed by atoms with van der Waals surface area (Å²) in [7, 11) is 0. The average molecular weight is 570 g/mol. The van der Waals surface area contributed by atoms with Gasteiger partial charge in [0, 0.05) is 12.7 Å². The lowest BCUT2D eigenvalue weighted by molar-refractivity contribution is 0.0371. The fourth-order valence-corrected chi connectivity index (χ4v) is 3.94. The molecule has 0 aliphatic carbocycles. The summed E-state index contributed by atoms with van der Waals surface area (Å²) < 4.78 is 17.8. The van der Waals surface area contributed by atoms with Crippen LogP contribution in [0.4, 0.5) is 5.69 Å². The molecule has 13 heteroatoms. The maximum absolute atomic E-state index is 12.7. The van der Waals surface area contributed by atoms with E-state index in [2.05, 4.69) is 10.4 Å². The molecule has 0 aliphatic heterocycles. The van der Waals surface area contributed by atoms with Crippen molar-refractivity contribution in [3.05, 3.63) is 60.7 Å². The Bertz CT molecular complexity index is 1210. The lowest BCUT2D eigenvalue weighted by Gasteiger charge is -2.12. The largest absolute Gasteiger partial charge is 0.482 e. The van der Waals surface area contributed by atoms with Crippen LogP contribution in [-0.4, -0.2) is 27.8 Å². The van der Waals surface area contributed by atoms with Crippen molar-refractivity contribution in [3.8, 4) is 5.75 Å². The molecule has 0 aliphatic rings. The number of anilines is 1. The molecule has 3 rings (SSSR count). The Hall–Kier alpha value is -2.10. The van der Waals surface area contributed by atoms with Crippen molar-refractivity contribution in [1.82, 2.24) is 9.78 Å². The summed E-state index contributed by atoms with van der Waals surface area (Å²) in [5.41, 5.74) is 0.176. The third-order valence-electron chi connectivity index (χ3n) is 4.28. The van der Waals surface area contributed by atoms with Crippen LogP contribution in [0, 0.1) is 0 Å². The van der Waals surface area contributed by atoms with Gasteiger partial charge >= 0.3 is 5.97 Å². The molecule has 1 N–H and O–H groups in total. The van der Waals surface area contributed by atoms with Crippen LogP contribution in [-0.2, 0) is 17.9 Å². The van der Waals surface area contributed by atoms with Gasteiger partial charge in [-0.25, -0.2) is 4.79 Å². The number of aryl methyl sites for hydroxylation is 1. The first-order valence-corrected chi connectivity index (χ1v) is 11.7. The Morgan fingerprint density at radius 2 is 1.68 bits per heavy atom. The van der Waals surface area contributed by atoms with E-state index >= 15 is 0 Å². The molecule has 1 aromatic carbocycles. The van der Waals surface area contributed by atoms with E-state index in [-0.39, 0.29) is 66.5 Å². The summed E-state index contributed by atoms with van der Waals surface area (Å²) in [5.74, 6) is -0.988. The number of furan rings is 1. The zero-order valence-corrected chi connectivity index (χ0v) is 21.8. The molecule has 0 bridgehead atoms. The Balaban J connectivity index is 1.74. The van der Waals surface area contributed by atoms with Gasteiger partial charge in [0.25, 0.3) is 5.91 Å². The van der Waals surface area contributed by atoms with Crippen molar-refractivity contribution in [2.45, 2.75) is 40.0 Å². The number of hydrogen-bond acceptors (Lipinski definition) is 6. The van der Waals surface area contributed by atoms with E-state index in [1.807, 2.05) is 6.92 Å². The summed E-state index contributed by atoms with van der Waals surface area (Å²) in [6.45, 7) is 5.62. The van der Waals surface area contributed by atoms with Crippen molar-refractivity contribution in [2.75, 3.05) is 5.32 Å². The standard InChI is InChI=1S/C21H18Cl5N3O5/c1-4-29-7-11(18(28-29)21(31)33-9(2)3)27-20(30)12-6-5-10(34-12)8-32-19-16(25)14(23)13(22)15(24)17(19)26/h5-7,9H,4,8H2,1-3H3,(H,27,30). The monoisotopic (exact) mass is 567 g/mol. The van der Waals surface area contributed by atoms with Crippen LogP contribution in [0.25, 0.3) is 0 Å². The average Bonchev–Trinajstić information content (AvgIpc) is 3.43. The minimum atomic E-state index is -0.653. The predicted molar refractivity (Wildman–Crippen MR) is 131 cm³/mol. The van der Waals surface area contributed by atoms with Crippen LogP contribution in [0.5, 0.6) is 5.75 Å². The quantitative estimate of drug-likeness (QED) is 0.176. The van der Waals surface area contributed by atoms with E-state index in [1.54, 1.807) is 13.8 Å². The minimum absolute atomic E-state index is 0.00526. The number of carbonyl (C=O) groups excluding carboxylic acids is 2. The number of esters is 1. The number of benzene rings is 1. The Morgan fingerprint density at radius 3 is 2.26 bits per heavy atom. The molecule has 2 aromatic heterocycles. The van der Waals surface area contributed by atoms with Crippen molar-refractivity contribution in [2.24, 2.45) is 0 Å². The van der Waals surface area contributed by atoms with E-state index in [0.717, 1.165) is 0 Å². The van der Waals surface area contributed by atoms with Gasteiger partial charge in [0.1, 0.15) is 22.4 Å². The minimum Gasteiger partial charge on any atom is -0.482 e. The summed E-state index contributed by atoms with van der Waals surface area (Å²) >= 11 is 30.3. The molecule has 182 valence electrons. The molecular weight excluding hydrogens is 552 g/mol. The fourth-order valence-electron chi connectivity index (χ4n) is 2.71. The number of amides is 1. The molecule has 34 heavy (non-hydrogen) atoms. The number of nitrogens with one attached hydrogen (secondary N) is 1. The van der Waals surface area contributed by atoms with Crippen LogP contribution in [0.2, 0.25) is 25.1 Å². The van der Waals surface area contributed by atoms with Gasteiger partial charge in [-0.3, -0.25) is 9.48 Å². The second kappa shape index (κ2) is 11.1. The predicted octanol–water partition coefficient (Wildman–Crippen LogP) is 7.16. The van der Waals surface area contributed by atoms with Crippen LogP contribution in [0.3, 0.4) is 0 Å². The van der Waals surface area contributed by atoms with Gasteiger partial charge in [-0.05, 0) is 32.9 Å². The van der Waals surface area contributed by atoms with Gasteiger partial charge in [0.2, 0.25) is 0 Å². The molecule has 0 spiro atoms. The summed E-state index contributed by atoms with van der Waals surface area (Å²) in [4.78, 5) is 25.0. The summed E-state index contributed by atoms with van der Waals surface area (Å²) in [5, 5.41) is 6.73. The molecule has 0 radical (unpaired) electrons. The topological polar surface area (TPSA) is 95.6 Å². The van der Waals surface area contributed by atoms with Gasteiger partial charge < -0.3 is 19.2 Å². The SMILES string of the molecule is CCn1cc(NC(=O)c2ccc(COc3c(Cl)c(Cl)c(Cl)c(Cl)c3Cl)o2)c(C(=O)OC(C)C)n1. The number of halogens is 5. The highest BCUT2D eigenvalue weighted by Gasteiger charge is 2.23. The highest BCUT2D eigenvalue weighted by atomic mass is 35.5. The van der Waals surface area contributed by atoms with Gasteiger partial charge in [0.15, 0.2) is 17.2 Å². The molecule has 1 amide bonds. The first-order chi connectivity index (χ1) is 16.0. The van der Waals surface area contributed by atoms with Crippen LogP contribution < -0.4 is 10.1 Å². The Morgan fingerprint density at radius 1 is 1.06 bits per heavy atom. The van der Waals surface area contributed by atoms with E-state index in [4.69, 9.17) is 71.9 Å². The van der Waals surface area contributed by atoms with Crippen LogP contribution in [0.1, 0.15) is 47.6 Å². The zero-order valence-electron chi connectivity index (χ0n) is 18.0. The molecule has 8 nitrogen and oxygen atoms in total. The molecule has 0 saturated carbocycles. The van der Waals surface area contributed by atoms with Gasteiger partial charge in [-0.1, -0.05) is 58.0 Å². The number of hydrogen-bond donors (Lipinski definition) is 1. The van der Waals surface area contributed by atoms with Crippen LogP contribution >= 0.6 is 58.0 Å². The number of aromatic nitrogens is 2. The van der Waals surface area contributed by atoms with Crippen molar-refractivity contribution in [3.63, 3.8) is 0 Å². The molecule has 0 unspecified atom stereocenters. The van der Waals surface area contributed by atoms with Crippen molar-refractivity contribution in [1.29, 1.82) is 0 Å². The van der Waals surface area contributed by atoms with Crippen molar-refractivity contribution < 1.29 is 23.5 Å². The highest BCUT2D eigenvalue weighted by molar-refractivity contribution is 6.55. The number of nitrogens with zero attached hydrogens (tertiary/aromatic N) is 2. The lowest BCUT2D eigenvalue weighted by atomic mass is 10.3. The Kier molecular flexibility index (Phi) is 8.65. The smallest absolute Gasteiger partial charge is 0.361 e. The van der Waals surface area contributed by atoms with E-state index in [0.29, 0.717) is 6.54 Å². The van der Waals surface area contributed by atoms with Gasteiger partial charge in [-0.15, -0.1) is 0 Å². The lowest BCUT2D eigenvalue weighted by Crippen LogP contribution is -2.17. The second-order valence-corrected chi connectivity index (χ2v) is 9.00. The molecule has 0 saturated heterocycles. The van der Waals surface area contributed by atoms with E-state index in [1.165, 1.54) is 23.0 Å². The normalized spacial score (nSPS) is 11.1. The first-order valence-electron chi connectivity index (χ1n) is 9.86. The first kappa shape index (κ1) is 26.5. The number of ether oxygens (including phenoxy) is 2. The highest BCUT2D eigenvalue weighted by Crippen LogP contribution is 2.48. The third kappa shape index (κ3) is 5.75. The van der Waals surface area contributed by atoms with E-state index in [9.17, 15) is 9.59 Å². The van der Waals surface area contributed by atoms with Gasteiger partial charge in [-0.2, -0.15) is 5.10 Å². The maximum atomic E-state index is 12.7. The number of carbonyl (C=O) groups is 2. The molecule has 0 fully saturated rings. The van der Waals surface area contributed by atoms with Crippen LogP contribution in [0.15, 0.2) is 22.7 Å². The molecular formula is C21H18Cl5N3O5. The summed E-state index contributed by atoms with van der Waals surface area (Å²) in [6, 6.07) is 2.97. The number of rotatable bonds is 8. The second-order valence-electron chi connectivity index (χ2n) is 7.11. The maximum Gasteiger partial charge on any atom is 0.361 e.